The molecular formula is C26H29N3O3. The van der Waals surface area contributed by atoms with Crippen molar-refractivity contribution in [3.05, 3.63) is 88.8 Å². The third-order valence-electron chi connectivity index (χ3n) is 6.02. The average molecular weight is 432 g/mol. The summed E-state index contributed by atoms with van der Waals surface area (Å²) < 4.78 is 5.40. The van der Waals surface area contributed by atoms with Crippen molar-refractivity contribution < 1.29 is 14.1 Å². The lowest BCUT2D eigenvalue weighted by Crippen LogP contribution is -2.52. The molecule has 6 nitrogen and oxygen atoms in total. The van der Waals surface area contributed by atoms with Gasteiger partial charge in [-0.15, -0.1) is 0 Å². The average Bonchev–Trinajstić information content (AvgIpc) is 3.22. The first-order valence-electron chi connectivity index (χ1n) is 11.1. The molecule has 1 saturated heterocycles. The van der Waals surface area contributed by atoms with E-state index in [1.165, 1.54) is 0 Å². The van der Waals surface area contributed by atoms with Gasteiger partial charge in [0.2, 0.25) is 5.91 Å². The minimum absolute atomic E-state index is 0.0674. The molecule has 32 heavy (non-hydrogen) atoms. The highest BCUT2D eigenvalue weighted by Gasteiger charge is 2.33. The van der Waals surface area contributed by atoms with E-state index >= 15 is 0 Å². The number of benzene rings is 2. The maximum atomic E-state index is 13.6. The number of carbonyl (C=O) groups excluding carboxylic acids is 2. The Balaban J connectivity index is 1.50. The van der Waals surface area contributed by atoms with Crippen LogP contribution in [0.25, 0.3) is 0 Å². The minimum atomic E-state index is -0.354. The Bertz CT molecular complexity index is 1030. The predicted octanol–water partition coefficient (Wildman–Crippen LogP) is 4.22. The molecule has 0 spiro atoms. The lowest BCUT2D eigenvalue weighted by Gasteiger charge is -2.36. The van der Waals surface area contributed by atoms with Crippen LogP contribution >= 0.6 is 0 Å². The van der Waals surface area contributed by atoms with Crippen molar-refractivity contribution >= 4 is 11.8 Å². The minimum Gasteiger partial charge on any atom is -0.360 e. The normalized spacial score (nSPS) is 14.3. The van der Waals surface area contributed by atoms with E-state index in [0.29, 0.717) is 43.2 Å². The molecule has 1 fully saturated rings. The first kappa shape index (κ1) is 21.8. The van der Waals surface area contributed by atoms with Crippen molar-refractivity contribution in [1.82, 2.24) is 15.0 Å². The quantitative estimate of drug-likeness (QED) is 0.607. The summed E-state index contributed by atoms with van der Waals surface area (Å²) >= 11 is 0. The molecule has 166 valence electrons. The van der Waals surface area contributed by atoms with Gasteiger partial charge in [-0.3, -0.25) is 9.59 Å². The first-order valence-corrected chi connectivity index (χ1v) is 11.1. The van der Waals surface area contributed by atoms with Gasteiger partial charge < -0.3 is 14.3 Å². The molecular weight excluding hydrogens is 402 g/mol. The fourth-order valence-corrected chi connectivity index (χ4v) is 4.28. The molecule has 0 unspecified atom stereocenters. The lowest BCUT2D eigenvalue weighted by atomic mass is 9.90. The standard InChI is InChI=1S/C26H29N3O3/c1-18(2)24-22(19(3)27-32-24)25(30)28-14-16-29(17-15-28)26(31)23(20-10-6-4-7-11-20)21-12-8-5-9-13-21/h4-13,18,23H,14-17H2,1-3H3. The number of aryl methyl sites for hydroxylation is 1. The Morgan fingerprint density at radius 2 is 1.34 bits per heavy atom. The third-order valence-corrected chi connectivity index (χ3v) is 6.02. The Kier molecular flexibility index (Phi) is 6.40. The molecule has 0 radical (unpaired) electrons. The zero-order valence-electron chi connectivity index (χ0n) is 18.8. The second-order valence-electron chi connectivity index (χ2n) is 8.53. The zero-order chi connectivity index (χ0) is 22.7. The predicted molar refractivity (Wildman–Crippen MR) is 123 cm³/mol. The SMILES string of the molecule is Cc1noc(C(C)C)c1C(=O)N1CCN(C(=O)C(c2ccccc2)c2ccccc2)CC1. The monoisotopic (exact) mass is 431 g/mol. The van der Waals surface area contributed by atoms with Crippen molar-refractivity contribution in [3.8, 4) is 0 Å². The highest BCUT2D eigenvalue weighted by atomic mass is 16.5. The number of amides is 2. The summed E-state index contributed by atoms with van der Waals surface area (Å²) in [6, 6.07) is 19.7. The Morgan fingerprint density at radius 3 is 1.84 bits per heavy atom. The summed E-state index contributed by atoms with van der Waals surface area (Å²) in [5, 5.41) is 4.00. The number of aromatic nitrogens is 1. The van der Waals surface area contributed by atoms with Crippen molar-refractivity contribution in [2.24, 2.45) is 0 Å². The summed E-state index contributed by atoms with van der Waals surface area (Å²) in [5.74, 6) is 0.350. The van der Waals surface area contributed by atoms with Crippen LogP contribution in [0.2, 0.25) is 0 Å². The van der Waals surface area contributed by atoms with Gasteiger partial charge in [-0.05, 0) is 18.1 Å². The summed E-state index contributed by atoms with van der Waals surface area (Å²) in [5.41, 5.74) is 3.13. The molecule has 0 saturated carbocycles. The third kappa shape index (κ3) is 4.31. The first-order chi connectivity index (χ1) is 15.5. The van der Waals surface area contributed by atoms with Crippen LogP contribution in [0.15, 0.2) is 65.2 Å². The van der Waals surface area contributed by atoms with E-state index in [4.69, 9.17) is 4.52 Å². The molecule has 1 aromatic heterocycles. The molecule has 2 heterocycles. The zero-order valence-corrected chi connectivity index (χ0v) is 18.8. The number of carbonyl (C=O) groups is 2. The van der Waals surface area contributed by atoms with Crippen LogP contribution in [0.4, 0.5) is 0 Å². The van der Waals surface area contributed by atoms with Crippen LogP contribution in [-0.2, 0) is 4.79 Å². The highest BCUT2D eigenvalue weighted by Crippen LogP contribution is 2.28. The van der Waals surface area contributed by atoms with Gasteiger partial charge in [0.25, 0.3) is 5.91 Å². The van der Waals surface area contributed by atoms with Crippen LogP contribution in [0.1, 0.15) is 58.6 Å². The summed E-state index contributed by atoms with van der Waals surface area (Å²) in [7, 11) is 0. The van der Waals surface area contributed by atoms with E-state index in [-0.39, 0.29) is 23.7 Å². The molecule has 0 N–H and O–H groups in total. The molecule has 6 heteroatoms. The van der Waals surface area contributed by atoms with Crippen molar-refractivity contribution in [2.75, 3.05) is 26.2 Å². The summed E-state index contributed by atoms with van der Waals surface area (Å²) in [6.07, 6.45) is 0. The van der Waals surface area contributed by atoms with Gasteiger partial charge in [-0.1, -0.05) is 79.7 Å². The second-order valence-corrected chi connectivity index (χ2v) is 8.53. The second kappa shape index (κ2) is 9.39. The Labute approximate surface area is 188 Å². The summed E-state index contributed by atoms with van der Waals surface area (Å²) in [6.45, 7) is 7.75. The van der Waals surface area contributed by atoms with E-state index in [2.05, 4.69) is 5.16 Å². The highest BCUT2D eigenvalue weighted by molar-refractivity contribution is 5.96. The van der Waals surface area contributed by atoms with Crippen LogP contribution in [0.3, 0.4) is 0 Å². The van der Waals surface area contributed by atoms with Gasteiger partial charge in [-0.2, -0.15) is 0 Å². The van der Waals surface area contributed by atoms with Gasteiger partial charge in [0.05, 0.1) is 11.6 Å². The van der Waals surface area contributed by atoms with Crippen molar-refractivity contribution in [3.63, 3.8) is 0 Å². The number of nitrogens with zero attached hydrogens (tertiary/aromatic N) is 3. The van der Waals surface area contributed by atoms with Crippen molar-refractivity contribution in [2.45, 2.75) is 32.6 Å². The smallest absolute Gasteiger partial charge is 0.259 e. The molecule has 1 aliphatic rings. The fourth-order valence-electron chi connectivity index (χ4n) is 4.28. The van der Waals surface area contributed by atoms with E-state index < -0.39 is 0 Å². The largest absolute Gasteiger partial charge is 0.360 e. The molecule has 0 aliphatic carbocycles. The topological polar surface area (TPSA) is 66.7 Å². The van der Waals surface area contributed by atoms with Gasteiger partial charge in [0.15, 0.2) is 5.76 Å². The van der Waals surface area contributed by atoms with Gasteiger partial charge in [-0.25, -0.2) is 0 Å². The van der Waals surface area contributed by atoms with E-state index in [0.717, 1.165) is 11.1 Å². The van der Waals surface area contributed by atoms with Gasteiger partial charge in [0.1, 0.15) is 5.56 Å². The van der Waals surface area contributed by atoms with Gasteiger partial charge >= 0.3 is 0 Å². The molecule has 0 bridgehead atoms. The molecule has 2 aromatic carbocycles. The molecule has 4 rings (SSSR count). The molecule has 1 aliphatic heterocycles. The van der Waals surface area contributed by atoms with Crippen LogP contribution in [-0.4, -0.2) is 52.9 Å². The number of rotatable bonds is 5. The Hall–Kier alpha value is -3.41. The molecule has 3 aromatic rings. The molecule has 2 amide bonds. The van der Waals surface area contributed by atoms with Crippen molar-refractivity contribution in [1.29, 1.82) is 0 Å². The fraction of sp³-hybridized carbons (Fsp3) is 0.346. The number of hydrogen-bond acceptors (Lipinski definition) is 4. The van der Waals surface area contributed by atoms with Crippen LogP contribution in [0, 0.1) is 6.92 Å². The summed E-state index contributed by atoms with van der Waals surface area (Å²) in [4.78, 5) is 30.5. The number of hydrogen-bond donors (Lipinski definition) is 0. The Morgan fingerprint density at radius 1 is 0.844 bits per heavy atom. The molecule has 0 atom stereocenters. The van der Waals surface area contributed by atoms with E-state index in [1.54, 1.807) is 11.8 Å². The lowest BCUT2D eigenvalue weighted by molar-refractivity contribution is -0.133. The number of piperazine rings is 1. The van der Waals surface area contributed by atoms with E-state index in [1.807, 2.05) is 79.4 Å². The maximum absolute atomic E-state index is 13.6. The van der Waals surface area contributed by atoms with Crippen LogP contribution < -0.4 is 0 Å². The van der Waals surface area contributed by atoms with Crippen LogP contribution in [0.5, 0.6) is 0 Å². The van der Waals surface area contributed by atoms with Gasteiger partial charge in [0, 0.05) is 32.1 Å². The van der Waals surface area contributed by atoms with E-state index in [9.17, 15) is 9.59 Å². The maximum Gasteiger partial charge on any atom is 0.259 e.